The van der Waals surface area contributed by atoms with Crippen LogP contribution >= 0.6 is 0 Å². The molecule has 41 heavy (non-hydrogen) atoms. The predicted molar refractivity (Wildman–Crippen MR) is 127 cm³/mol. The normalized spacial score (nSPS) is 12.8. The van der Waals surface area contributed by atoms with Crippen molar-refractivity contribution in [1.29, 1.82) is 0 Å². The Hall–Kier alpha value is -3.98. The van der Waals surface area contributed by atoms with E-state index in [0.29, 0.717) is 11.1 Å². The zero-order valence-electron chi connectivity index (χ0n) is 22.0. The van der Waals surface area contributed by atoms with E-state index in [1.54, 1.807) is 13.8 Å². The van der Waals surface area contributed by atoms with Gasteiger partial charge in [0.25, 0.3) is 0 Å². The largest absolute Gasteiger partial charge is 0.466 e. The van der Waals surface area contributed by atoms with Gasteiger partial charge in [0, 0.05) is 5.41 Å². The van der Waals surface area contributed by atoms with Gasteiger partial charge in [0.2, 0.25) is 0 Å². The highest BCUT2D eigenvalue weighted by molar-refractivity contribution is 5.67. The summed E-state index contributed by atoms with van der Waals surface area (Å²) in [5, 5.41) is 2.94. The van der Waals surface area contributed by atoms with Gasteiger partial charge in [0.1, 0.15) is 11.5 Å². The first-order chi connectivity index (χ1) is 18.8. The van der Waals surface area contributed by atoms with E-state index in [4.69, 9.17) is 0 Å². The second kappa shape index (κ2) is 12.3. The summed E-state index contributed by atoms with van der Waals surface area (Å²) in [5.41, 5.74) is -0.0245. The van der Waals surface area contributed by atoms with Gasteiger partial charge < -0.3 is 29.6 Å². The molecule has 0 unspecified atom stereocenters. The first-order valence-corrected chi connectivity index (χ1v) is 11.5. The van der Waals surface area contributed by atoms with Crippen LogP contribution in [0.15, 0.2) is 48.5 Å². The van der Waals surface area contributed by atoms with Gasteiger partial charge in [0.05, 0.1) is 27.3 Å². The Balaban J connectivity index is 2.13. The molecule has 0 aliphatic heterocycles. The van der Waals surface area contributed by atoms with Crippen molar-refractivity contribution in [3.8, 4) is 11.5 Å². The smallest absolute Gasteiger partial charge is 0.453 e. The second-order valence-corrected chi connectivity index (χ2v) is 9.01. The third-order valence-electron chi connectivity index (χ3n) is 5.78. The fraction of sp³-hybridized carbons (Fsp3) is 0.440. The Morgan fingerprint density at radius 2 is 0.902 bits per heavy atom. The van der Waals surface area contributed by atoms with Crippen LogP contribution in [0.1, 0.15) is 25.0 Å². The average molecular weight is 602 g/mol. The minimum absolute atomic E-state index is 0.451. The number of benzene rings is 2. The van der Waals surface area contributed by atoms with Crippen LogP contribution in [0, 0.1) is 0 Å². The molecule has 0 aromatic heterocycles. The summed E-state index contributed by atoms with van der Waals surface area (Å²) in [6.07, 6.45) is -12.7. The highest BCUT2D eigenvalue weighted by atomic mass is 19.3. The van der Waals surface area contributed by atoms with Crippen LogP contribution in [0.25, 0.3) is 0 Å². The van der Waals surface area contributed by atoms with E-state index in [0.717, 1.165) is 38.5 Å². The van der Waals surface area contributed by atoms with Crippen molar-refractivity contribution in [2.75, 3.05) is 27.3 Å². The number of methoxy groups -OCH3 is 2. The van der Waals surface area contributed by atoms with Crippen molar-refractivity contribution in [2.45, 2.75) is 43.3 Å². The lowest BCUT2D eigenvalue weighted by atomic mass is 9.78. The van der Waals surface area contributed by atoms with Gasteiger partial charge in [-0.25, -0.2) is 9.59 Å². The molecule has 0 radical (unpaired) electrons. The van der Waals surface area contributed by atoms with Crippen molar-refractivity contribution < 1.29 is 63.7 Å². The maximum absolute atomic E-state index is 14.1. The number of rotatable bonds is 12. The Labute approximate surface area is 228 Å². The number of carbonyl (C=O) groups excluding carboxylic acids is 2. The van der Waals surface area contributed by atoms with Crippen LogP contribution in [0.5, 0.6) is 11.5 Å². The number of halogens is 8. The van der Waals surface area contributed by atoms with Gasteiger partial charge in [-0.3, -0.25) is 0 Å². The molecule has 0 bridgehead atoms. The first kappa shape index (κ1) is 33.2. The molecule has 16 heteroatoms. The zero-order chi connectivity index (χ0) is 31.3. The number of amides is 2. The average Bonchev–Trinajstić information content (AvgIpc) is 2.90. The Morgan fingerprint density at radius 1 is 0.610 bits per heavy atom. The zero-order valence-corrected chi connectivity index (χ0v) is 22.0. The first-order valence-electron chi connectivity index (χ1n) is 11.5. The molecule has 2 rings (SSSR count). The Morgan fingerprint density at radius 3 is 1.17 bits per heavy atom. The van der Waals surface area contributed by atoms with E-state index in [-0.39, 0.29) is 0 Å². The van der Waals surface area contributed by atoms with E-state index in [9.17, 15) is 44.7 Å². The highest BCUT2D eigenvalue weighted by Crippen LogP contribution is 2.39. The monoisotopic (exact) mass is 602 g/mol. The molecule has 0 aliphatic rings. The third-order valence-corrected chi connectivity index (χ3v) is 5.78. The lowest BCUT2D eigenvalue weighted by Crippen LogP contribution is -2.52. The Kier molecular flexibility index (Phi) is 9.94. The van der Waals surface area contributed by atoms with Gasteiger partial charge in [-0.1, -0.05) is 38.1 Å². The van der Waals surface area contributed by atoms with E-state index in [1.165, 1.54) is 34.9 Å². The summed E-state index contributed by atoms with van der Waals surface area (Å²) in [7, 11) is 1.73. The summed E-state index contributed by atoms with van der Waals surface area (Å²) in [4.78, 5) is 21.9. The van der Waals surface area contributed by atoms with Crippen LogP contribution in [0.2, 0.25) is 0 Å². The standard InChI is InChI=1S/C25H26F8N2O6/c1-21(2,15-5-9-17(10-6-15)40-24(30,31)22(26,27)13-34-19(36)38-3)16-7-11-18(12-8-16)41-25(32,33)23(28,29)14-35-20(37)39-4/h5-12H,13-14H2,1-4H3,(H,34,36)(H,35,37). The van der Waals surface area contributed by atoms with Crippen LogP contribution in [-0.2, 0) is 14.9 Å². The summed E-state index contributed by atoms with van der Waals surface area (Å²) >= 11 is 0. The lowest BCUT2D eigenvalue weighted by molar-refractivity contribution is -0.305. The van der Waals surface area contributed by atoms with E-state index in [1.807, 2.05) is 0 Å². The van der Waals surface area contributed by atoms with E-state index in [2.05, 4.69) is 18.9 Å². The number of ether oxygens (including phenoxy) is 4. The molecule has 0 atom stereocenters. The minimum atomic E-state index is -5.00. The molecule has 2 N–H and O–H groups in total. The van der Waals surface area contributed by atoms with Crippen molar-refractivity contribution in [3.05, 3.63) is 59.7 Å². The van der Waals surface area contributed by atoms with Crippen molar-refractivity contribution in [3.63, 3.8) is 0 Å². The van der Waals surface area contributed by atoms with Crippen LogP contribution in [0.3, 0.4) is 0 Å². The number of nitrogens with one attached hydrogen (secondary N) is 2. The highest BCUT2D eigenvalue weighted by Gasteiger charge is 2.60. The van der Waals surface area contributed by atoms with Gasteiger partial charge in [0.15, 0.2) is 0 Å². The van der Waals surface area contributed by atoms with Gasteiger partial charge in [-0.2, -0.15) is 35.1 Å². The van der Waals surface area contributed by atoms with Crippen LogP contribution in [0.4, 0.5) is 44.7 Å². The number of alkyl halides is 8. The summed E-state index contributed by atoms with van der Waals surface area (Å²) < 4.78 is 128. The molecule has 0 saturated heterocycles. The summed E-state index contributed by atoms with van der Waals surface area (Å²) in [6, 6.07) is 9.17. The van der Waals surface area contributed by atoms with Crippen molar-refractivity contribution >= 4 is 12.2 Å². The summed E-state index contributed by atoms with van der Waals surface area (Å²) in [6.45, 7) is -0.209. The molecule has 0 heterocycles. The topological polar surface area (TPSA) is 95.1 Å². The number of hydrogen-bond acceptors (Lipinski definition) is 6. The minimum Gasteiger partial charge on any atom is -0.453 e. The van der Waals surface area contributed by atoms with Crippen molar-refractivity contribution in [2.24, 2.45) is 0 Å². The molecular formula is C25H26F8N2O6. The van der Waals surface area contributed by atoms with Crippen LogP contribution in [-0.4, -0.2) is 63.6 Å². The molecule has 8 nitrogen and oxygen atoms in total. The molecule has 0 saturated carbocycles. The quantitative estimate of drug-likeness (QED) is 0.292. The molecule has 0 fully saturated rings. The molecular weight excluding hydrogens is 576 g/mol. The SMILES string of the molecule is COC(=O)NCC(F)(F)C(F)(F)Oc1ccc(C(C)(C)c2ccc(OC(F)(F)C(F)(F)CNC(=O)OC)cc2)cc1. The van der Waals surface area contributed by atoms with Crippen molar-refractivity contribution in [1.82, 2.24) is 10.6 Å². The van der Waals surface area contributed by atoms with Gasteiger partial charge in [-0.05, 0) is 35.4 Å². The van der Waals surface area contributed by atoms with E-state index >= 15 is 0 Å². The predicted octanol–water partition coefficient (Wildman–Crippen LogP) is 5.94. The van der Waals surface area contributed by atoms with E-state index < -0.39 is 66.3 Å². The second-order valence-electron chi connectivity index (χ2n) is 9.01. The van der Waals surface area contributed by atoms with Crippen LogP contribution < -0.4 is 20.1 Å². The number of hydrogen-bond donors (Lipinski definition) is 2. The number of carbonyl (C=O) groups is 2. The molecule has 2 aromatic carbocycles. The third kappa shape index (κ3) is 8.04. The lowest BCUT2D eigenvalue weighted by Gasteiger charge is -2.29. The summed E-state index contributed by atoms with van der Waals surface area (Å²) in [5.74, 6) is -10.8. The fourth-order valence-corrected chi connectivity index (χ4v) is 3.21. The van der Waals surface area contributed by atoms with Gasteiger partial charge in [-0.15, -0.1) is 0 Å². The molecule has 2 aromatic rings. The molecule has 228 valence electrons. The molecule has 0 aliphatic carbocycles. The Bertz CT molecular complexity index is 1100. The maximum atomic E-state index is 14.1. The molecule has 2 amide bonds. The molecule has 0 spiro atoms. The van der Waals surface area contributed by atoms with Gasteiger partial charge >= 0.3 is 36.2 Å². The maximum Gasteiger partial charge on any atom is 0.466 e. The fourth-order valence-electron chi connectivity index (χ4n) is 3.21. The number of alkyl carbamates (subject to hydrolysis) is 2.